The Bertz CT molecular complexity index is 303. The first kappa shape index (κ1) is 11.3. The van der Waals surface area contributed by atoms with Gasteiger partial charge >= 0.3 is 0 Å². The molecule has 2 heteroatoms. The molecule has 0 aliphatic rings. The van der Waals surface area contributed by atoms with Gasteiger partial charge in [0.25, 0.3) is 0 Å². The van der Waals surface area contributed by atoms with Gasteiger partial charge in [-0.25, -0.2) is 0 Å². The number of halogens is 1. The second-order valence-corrected chi connectivity index (χ2v) is 4.00. The fourth-order valence-electron chi connectivity index (χ4n) is 1.58. The average Bonchev–Trinajstić information content (AvgIpc) is 2.15. The van der Waals surface area contributed by atoms with Crippen LogP contribution in [-0.2, 0) is 4.79 Å². The zero-order valence-corrected chi connectivity index (χ0v) is 9.34. The summed E-state index contributed by atoms with van der Waals surface area (Å²) in [7, 11) is 0. The summed E-state index contributed by atoms with van der Waals surface area (Å²) >= 11 is 5.80. The molecule has 1 aromatic carbocycles. The van der Waals surface area contributed by atoms with E-state index in [1.807, 2.05) is 24.3 Å². The van der Waals surface area contributed by atoms with Crippen LogP contribution in [-0.4, -0.2) is 5.78 Å². The summed E-state index contributed by atoms with van der Waals surface area (Å²) in [5.74, 6) is 0.580. The summed E-state index contributed by atoms with van der Waals surface area (Å²) in [6.45, 7) is 3.74. The van der Waals surface area contributed by atoms with Crippen LogP contribution in [0.3, 0.4) is 0 Å². The maximum atomic E-state index is 11.0. The first-order valence-electron chi connectivity index (χ1n) is 4.88. The molecule has 14 heavy (non-hydrogen) atoms. The normalized spacial score (nSPS) is 12.5. The lowest BCUT2D eigenvalue weighted by atomic mass is 9.92. The van der Waals surface area contributed by atoms with Crippen LogP contribution in [0.2, 0.25) is 5.02 Å². The molecule has 1 rings (SSSR count). The summed E-state index contributed by atoms with van der Waals surface area (Å²) in [4.78, 5) is 11.0. The number of carbonyl (C=O) groups is 1. The molecule has 0 fully saturated rings. The van der Waals surface area contributed by atoms with E-state index in [4.69, 9.17) is 11.6 Å². The molecular weight excluding hydrogens is 196 g/mol. The van der Waals surface area contributed by atoms with Crippen molar-refractivity contribution < 1.29 is 4.79 Å². The van der Waals surface area contributed by atoms with Crippen LogP contribution < -0.4 is 0 Å². The van der Waals surface area contributed by atoms with Crippen LogP contribution in [0.15, 0.2) is 24.3 Å². The highest BCUT2D eigenvalue weighted by molar-refractivity contribution is 6.30. The van der Waals surface area contributed by atoms with E-state index < -0.39 is 0 Å². The Morgan fingerprint density at radius 2 is 1.93 bits per heavy atom. The smallest absolute Gasteiger partial charge is 0.130 e. The molecule has 0 saturated carbocycles. The summed E-state index contributed by atoms with van der Waals surface area (Å²) in [5, 5.41) is 0.742. The standard InChI is InChI=1S/C12H15ClO/c1-3-10(8-9(2)14)11-4-6-12(13)7-5-11/h4-7,10H,3,8H2,1-2H3/t10-/m1/s1. The van der Waals surface area contributed by atoms with Crippen molar-refractivity contribution in [3.63, 3.8) is 0 Å². The van der Waals surface area contributed by atoms with Crippen molar-refractivity contribution in [1.29, 1.82) is 0 Å². The van der Waals surface area contributed by atoms with Crippen LogP contribution in [0.5, 0.6) is 0 Å². The van der Waals surface area contributed by atoms with E-state index in [9.17, 15) is 4.79 Å². The first-order chi connectivity index (χ1) is 6.63. The number of hydrogen-bond donors (Lipinski definition) is 0. The van der Waals surface area contributed by atoms with Gasteiger partial charge in [0.05, 0.1) is 0 Å². The molecular formula is C12H15ClO. The van der Waals surface area contributed by atoms with Gasteiger partial charge in [-0.2, -0.15) is 0 Å². The van der Waals surface area contributed by atoms with E-state index in [1.54, 1.807) is 6.92 Å². The molecule has 0 aliphatic carbocycles. The van der Waals surface area contributed by atoms with E-state index in [0.717, 1.165) is 11.4 Å². The molecule has 1 atom stereocenters. The Morgan fingerprint density at radius 1 is 1.36 bits per heavy atom. The van der Waals surface area contributed by atoms with Crippen molar-refractivity contribution in [3.05, 3.63) is 34.9 Å². The van der Waals surface area contributed by atoms with Crippen molar-refractivity contribution in [2.24, 2.45) is 0 Å². The Hall–Kier alpha value is -0.820. The number of carbonyl (C=O) groups excluding carboxylic acids is 1. The summed E-state index contributed by atoms with van der Waals surface area (Å²) < 4.78 is 0. The lowest BCUT2D eigenvalue weighted by Gasteiger charge is -2.13. The molecule has 0 bridgehead atoms. The third-order valence-electron chi connectivity index (χ3n) is 2.37. The minimum atomic E-state index is 0.242. The number of benzene rings is 1. The Morgan fingerprint density at radius 3 is 2.36 bits per heavy atom. The van der Waals surface area contributed by atoms with Gasteiger partial charge in [0.2, 0.25) is 0 Å². The molecule has 1 nitrogen and oxygen atoms in total. The van der Waals surface area contributed by atoms with Gasteiger partial charge in [0.15, 0.2) is 0 Å². The van der Waals surface area contributed by atoms with Crippen LogP contribution in [0, 0.1) is 0 Å². The molecule has 0 amide bonds. The second-order valence-electron chi connectivity index (χ2n) is 3.56. The van der Waals surface area contributed by atoms with Crippen molar-refractivity contribution >= 4 is 17.4 Å². The molecule has 0 spiro atoms. The largest absolute Gasteiger partial charge is 0.300 e. The quantitative estimate of drug-likeness (QED) is 0.739. The predicted molar refractivity (Wildman–Crippen MR) is 59.8 cm³/mol. The Labute approximate surface area is 90.1 Å². The van der Waals surface area contributed by atoms with Gasteiger partial charge in [-0.15, -0.1) is 0 Å². The highest BCUT2D eigenvalue weighted by Gasteiger charge is 2.11. The molecule has 1 aromatic rings. The minimum absolute atomic E-state index is 0.242. The van der Waals surface area contributed by atoms with Gasteiger partial charge in [-0.05, 0) is 37.0 Å². The Kier molecular flexibility index (Phi) is 4.15. The van der Waals surface area contributed by atoms with E-state index in [0.29, 0.717) is 12.3 Å². The summed E-state index contributed by atoms with van der Waals surface area (Å²) in [6.07, 6.45) is 1.61. The second kappa shape index (κ2) is 5.16. The zero-order valence-electron chi connectivity index (χ0n) is 8.59. The monoisotopic (exact) mass is 210 g/mol. The van der Waals surface area contributed by atoms with Gasteiger partial charge in [-0.1, -0.05) is 30.7 Å². The number of rotatable bonds is 4. The van der Waals surface area contributed by atoms with Crippen molar-refractivity contribution in [1.82, 2.24) is 0 Å². The maximum absolute atomic E-state index is 11.0. The molecule has 0 aliphatic heterocycles. The third-order valence-corrected chi connectivity index (χ3v) is 2.62. The molecule has 76 valence electrons. The first-order valence-corrected chi connectivity index (χ1v) is 5.26. The number of hydrogen-bond acceptors (Lipinski definition) is 1. The van der Waals surface area contributed by atoms with Gasteiger partial charge in [0, 0.05) is 11.4 Å². The lowest BCUT2D eigenvalue weighted by molar-refractivity contribution is -0.117. The van der Waals surface area contributed by atoms with E-state index in [-0.39, 0.29) is 5.78 Å². The Balaban J connectivity index is 2.78. The highest BCUT2D eigenvalue weighted by atomic mass is 35.5. The van der Waals surface area contributed by atoms with E-state index >= 15 is 0 Å². The third kappa shape index (κ3) is 3.15. The SMILES string of the molecule is CC[C@H](CC(C)=O)c1ccc(Cl)cc1. The van der Waals surface area contributed by atoms with Crippen LogP contribution in [0.1, 0.15) is 38.2 Å². The zero-order chi connectivity index (χ0) is 10.6. The topological polar surface area (TPSA) is 17.1 Å². The van der Waals surface area contributed by atoms with Crippen LogP contribution >= 0.6 is 11.6 Å². The molecule has 0 saturated heterocycles. The van der Waals surface area contributed by atoms with Crippen LogP contribution in [0.25, 0.3) is 0 Å². The average molecular weight is 211 g/mol. The van der Waals surface area contributed by atoms with Crippen molar-refractivity contribution in [2.75, 3.05) is 0 Å². The summed E-state index contributed by atoms with van der Waals surface area (Å²) in [6, 6.07) is 7.75. The molecule has 0 radical (unpaired) electrons. The molecule has 0 unspecified atom stereocenters. The lowest BCUT2D eigenvalue weighted by Crippen LogP contribution is -2.02. The molecule has 0 aromatic heterocycles. The highest BCUT2D eigenvalue weighted by Crippen LogP contribution is 2.24. The van der Waals surface area contributed by atoms with Gasteiger partial charge in [0.1, 0.15) is 5.78 Å². The fourth-order valence-corrected chi connectivity index (χ4v) is 1.71. The summed E-state index contributed by atoms with van der Waals surface area (Å²) in [5.41, 5.74) is 1.20. The fraction of sp³-hybridized carbons (Fsp3) is 0.417. The van der Waals surface area contributed by atoms with Crippen molar-refractivity contribution in [2.45, 2.75) is 32.6 Å². The van der Waals surface area contributed by atoms with E-state index in [1.165, 1.54) is 5.56 Å². The van der Waals surface area contributed by atoms with Gasteiger partial charge in [-0.3, -0.25) is 0 Å². The maximum Gasteiger partial charge on any atom is 0.130 e. The van der Waals surface area contributed by atoms with E-state index in [2.05, 4.69) is 6.92 Å². The van der Waals surface area contributed by atoms with Crippen LogP contribution in [0.4, 0.5) is 0 Å². The van der Waals surface area contributed by atoms with Gasteiger partial charge < -0.3 is 4.79 Å². The number of ketones is 1. The molecule has 0 N–H and O–H groups in total. The minimum Gasteiger partial charge on any atom is -0.300 e. The predicted octanol–water partition coefficient (Wildman–Crippen LogP) is 3.81. The van der Waals surface area contributed by atoms with Crippen molar-refractivity contribution in [3.8, 4) is 0 Å². The number of Topliss-reactive ketones (excluding diaryl/α,β-unsaturated/α-hetero) is 1. The molecule has 0 heterocycles.